The topological polar surface area (TPSA) is 88.7 Å². The number of carbonyl (C=O) groups is 2. The van der Waals surface area contributed by atoms with E-state index in [9.17, 15) is 9.59 Å². The molecule has 3 N–H and O–H groups in total. The van der Waals surface area contributed by atoms with E-state index in [0.29, 0.717) is 13.0 Å². The molecule has 0 saturated heterocycles. The molecule has 0 heterocycles. The molecule has 0 aliphatic heterocycles. The van der Waals surface area contributed by atoms with Crippen LogP contribution >= 0.6 is 0 Å². The Balaban J connectivity index is 3.41. The van der Waals surface area contributed by atoms with Crippen LogP contribution in [0.25, 0.3) is 0 Å². The van der Waals surface area contributed by atoms with Crippen molar-refractivity contribution < 1.29 is 19.1 Å². The molecule has 0 aromatic heterocycles. The Labute approximate surface area is 139 Å². The molecule has 0 fully saturated rings. The van der Waals surface area contributed by atoms with E-state index in [1.165, 1.54) is 0 Å². The van der Waals surface area contributed by atoms with E-state index in [1.54, 1.807) is 20.8 Å². The maximum Gasteiger partial charge on any atom is 0.423 e. The molecule has 0 aliphatic rings. The van der Waals surface area contributed by atoms with Crippen LogP contribution in [-0.2, 0) is 14.3 Å². The van der Waals surface area contributed by atoms with E-state index < -0.39 is 17.3 Å². The second-order valence-corrected chi connectivity index (χ2v) is 7.43. The van der Waals surface area contributed by atoms with Gasteiger partial charge in [-0.2, -0.15) is 5.53 Å². The molecule has 0 saturated carbocycles. The third-order valence-corrected chi connectivity index (χ3v) is 2.50. The van der Waals surface area contributed by atoms with Crippen molar-refractivity contribution in [3.8, 4) is 0 Å². The fourth-order valence-corrected chi connectivity index (χ4v) is 1.69. The van der Waals surface area contributed by atoms with Crippen molar-refractivity contribution in [1.29, 1.82) is 0 Å². The average molecular weight is 331 g/mol. The lowest BCUT2D eigenvalue weighted by molar-refractivity contribution is -0.154. The van der Waals surface area contributed by atoms with Crippen molar-refractivity contribution >= 4 is 12.1 Å². The minimum atomic E-state index is -0.526. The van der Waals surface area contributed by atoms with Crippen molar-refractivity contribution in [2.24, 2.45) is 0 Å². The Hall–Kier alpha value is -1.34. The van der Waals surface area contributed by atoms with Crippen LogP contribution in [-0.4, -0.2) is 29.8 Å². The molecule has 0 bridgehead atoms. The third-order valence-electron chi connectivity index (χ3n) is 2.50. The van der Waals surface area contributed by atoms with E-state index in [4.69, 9.17) is 9.47 Å². The van der Waals surface area contributed by atoms with Crippen LogP contribution < -0.4 is 16.4 Å². The third kappa shape index (κ3) is 16.9. The highest BCUT2D eigenvalue weighted by Crippen LogP contribution is 2.11. The molecule has 7 nitrogen and oxygen atoms in total. The summed E-state index contributed by atoms with van der Waals surface area (Å²) >= 11 is 0. The van der Waals surface area contributed by atoms with Gasteiger partial charge in [0.15, 0.2) is 0 Å². The molecule has 1 amide bonds. The average Bonchev–Trinajstić information content (AvgIpc) is 2.32. The lowest BCUT2D eigenvalue weighted by atomic mass is 10.1. The van der Waals surface area contributed by atoms with Gasteiger partial charge in [-0.05, 0) is 54.4 Å². The number of hydrogen-bond acceptors (Lipinski definition) is 6. The van der Waals surface area contributed by atoms with Crippen molar-refractivity contribution in [1.82, 2.24) is 16.4 Å². The monoisotopic (exact) mass is 331 g/mol. The largest absolute Gasteiger partial charge is 0.460 e. The van der Waals surface area contributed by atoms with Gasteiger partial charge in [0.05, 0.1) is 0 Å². The summed E-state index contributed by atoms with van der Waals surface area (Å²) in [6, 6.07) is 0. The van der Waals surface area contributed by atoms with Gasteiger partial charge < -0.3 is 9.47 Å². The minimum Gasteiger partial charge on any atom is -0.460 e. The first-order chi connectivity index (χ1) is 10.5. The molecule has 0 spiro atoms. The molecule has 0 unspecified atom stereocenters. The molecule has 0 atom stereocenters. The van der Waals surface area contributed by atoms with Gasteiger partial charge in [-0.25, -0.2) is 15.6 Å². The number of ether oxygens (including phenoxy) is 2. The highest BCUT2D eigenvalue weighted by Gasteiger charge is 2.16. The van der Waals surface area contributed by atoms with Crippen molar-refractivity contribution in [3.63, 3.8) is 0 Å². The Bertz CT molecular complexity index is 325. The highest BCUT2D eigenvalue weighted by molar-refractivity contribution is 5.69. The normalized spacial score (nSPS) is 11.9. The zero-order chi connectivity index (χ0) is 17.9. The standard InChI is InChI=1S/C16H33N3O4/c1-15(2,3)22-13(20)11-9-7-8-10-12-17-19-18-14(21)23-16(4,5)6/h17,19H,7-12H2,1-6H3,(H,18,21). The summed E-state index contributed by atoms with van der Waals surface area (Å²) < 4.78 is 10.3. The quantitative estimate of drug-likeness (QED) is 0.342. The summed E-state index contributed by atoms with van der Waals surface area (Å²) in [5, 5.41) is 0. The van der Waals surface area contributed by atoms with Crippen molar-refractivity contribution in [2.75, 3.05) is 6.54 Å². The minimum absolute atomic E-state index is 0.140. The maximum atomic E-state index is 11.5. The first-order valence-corrected chi connectivity index (χ1v) is 8.18. The molecule has 136 valence electrons. The van der Waals surface area contributed by atoms with Crippen LogP contribution in [0.3, 0.4) is 0 Å². The van der Waals surface area contributed by atoms with Crippen LogP contribution in [0.5, 0.6) is 0 Å². The second-order valence-electron chi connectivity index (χ2n) is 7.43. The number of carbonyl (C=O) groups excluding carboxylic acids is 2. The summed E-state index contributed by atoms with van der Waals surface area (Å²) in [5.41, 5.74) is 6.94. The number of hydrogen-bond donors (Lipinski definition) is 3. The first kappa shape index (κ1) is 21.7. The smallest absolute Gasteiger partial charge is 0.423 e. The SMILES string of the molecule is CC(C)(C)OC(=O)CCCCCCNNNC(=O)OC(C)(C)C. The Morgan fingerprint density at radius 1 is 0.826 bits per heavy atom. The molecule has 0 aliphatic carbocycles. The summed E-state index contributed by atoms with van der Waals surface area (Å²) in [7, 11) is 0. The zero-order valence-electron chi connectivity index (χ0n) is 15.4. The van der Waals surface area contributed by atoms with E-state index >= 15 is 0 Å². The molecule has 0 aromatic carbocycles. The molecule has 0 radical (unpaired) electrons. The number of amides is 1. The molecule has 7 heteroatoms. The molecular formula is C16H33N3O4. The van der Waals surface area contributed by atoms with Crippen LogP contribution in [0.2, 0.25) is 0 Å². The summed E-state index contributed by atoms with van der Waals surface area (Å²) in [6.45, 7) is 11.7. The molecule has 23 heavy (non-hydrogen) atoms. The van der Waals surface area contributed by atoms with Crippen LogP contribution in [0.4, 0.5) is 4.79 Å². The van der Waals surface area contributed by atoms with Crippen molar-refractivity contribution in [2.45, 2.75) is 84.8 Å². The van der Waals surface area contributed by atoms with Gasteiger partial charge in [-0.1, -0.05) is 12.8 Å². The van der Waals surface area contributed by atoms with Gasteiger partial charge in [0, 0.05) is 13.0 Å². The van der Waals surface area contributed by atoms with Gasteiger partial charge in [-0.15, -0.1) is 0 Å². The van der Waals surface area contributed by atoms with Crippen molar-refractivity contribution in [3.05, 3.63) is 0 Å². The predicted molar refractivity (Wildman–Crippen MR) is 89.4 cm³/mol. The van der Waals surface area contributed by atoms with Crippen LogP contribution in [0, 0.1) is 0 Å². The first-order valence-electron chi connectivity index (χ1n) is 8.18. The predicted octanol–water partition coefficient (Wildman–Crippen LogP) is 2.81. The van der Waals surface area contributed by atoms with E-state index in [-0.39, 0.29) is 5.97 Å². The Morgan fingerprint density at radius 3 is 1.96 bits per heavy atom. The second kappa shape index (κ2) is 10.4. The summed E-state index contributed by atoms with van der Waals surface area (Å²) in [6.07, 6.45) is 3.69. The Kier molecular flexibility index (Phi) is 9.83. The van der Waals surface area contributed by atoms with Gasteiger partial charge in [0.25, 0.3) is 0 Å². The fraction of sp³-hybridized carbons (Fsp3) is 0.875. The summed E-state index contributed by atoms with van der Waals surface area (Å²) in [4.78, 5) is 22.8. The number of nitrogens with one attached hydrogen (secondary N) is 3. The van der Waals surface area contributed by atoms with Crippen LogP contribution in [0.15, 0.2) is 0 Å². The van der Waals surface area contributed by atoms with Gasteiger partial charge >= 0.3 is 12.1 Å². The number of unbranched alkanes of at least 4 members (excludes halogenated alkanes) is 3. The zero-order valence-corrected chi connectivity index (χ0v) is 15.4. The van der Waals surface area contributed by atoms with E-state index in [1.807, 2.05) is 20.8 Å². The summed E-state index contributed by atoms with van der Waals surface area (Å²) in [5.74, 6) is -0.140. The number of esters is 1. The van der Waals surface area contributed by atoms with E-state index in [0.717, 1.165) is 25.7 Å². The number of rotatable bonds is 9. The molecule has 0 rings (SSSR count). The van der Waals surface area contributed by atoms with Gasteiger partial charge in [0.1, 0.15) is 11.2 Å². The van der Waals surface area contributed by atoms with Crippen LogP contribution in [0.1, 0.15) is 73.6 Å². The fourth-order valence-electron chi connectivity index (χ4n) is 1.69. The number of hydrazine groups is 2. The van der Waals surface area contributed by atoms with Gasteiger partial charge in [-0.3, -0.25) is 4.79 Å². The van der Waals surface area contributed by atoms with E-state index in [2.05, 4.69) is 16.4 Å². The van der Waals surface area contributed by atoms with Gasteiger partial charge in [0.2, 0.25) is 0 Å². The highest BCUT2D eigenvalue weighted by atomic mass is 16.6. The Morgan fingerprint density at radius 2 is 1.39 bits per heavy atom. The molecular weight excluding hydrogens is 298 g/mol. The molecule has 0 aromatic rings. The maximum absolute atomic E-state index is 11.5. The lowest BCUT2D eigenvalue weighted by Crippen LogP contribution is -2.48. The lowest BCUT2D eigenvalue weighted by Gasteiger charge is -2.19.